The van der Waals surface area contributed by atoms with Crippen LogP contribution in [0.15, 0.2) is 54.6 Å². The number of fused-ring (bicyclic) bond motifs is 1. The van der Waals surface area contributed by atoms with Crippen LogP contribution in [0.1, 0.15) is 36.1 Å². The molecule has 1 aliphatic rings. The van der Waals surface area contributed by atoms with Gasteiger partial charge in [0.05, 0.1) is 12.1 Å². The van der Waals surface area contributed by atoms with Crippen molar-refractivity contribution in [2.45, 2.75) is 50.4 Å². The Morgan fingerprint density at radius 3 is 2.40 bits per heavy atom. The van der Waals surface area contributed by atoms with E-state index < -0.39 is 36.1 Å². The van der Waals surface area contributed by atoms with Gasteiger partial charge in [0.2, 0.25) is 0 Å². The Morgan fingerprint density at radius 2 is 1.73 bits per heavy atom. The number of benzene rings is 2. The molecule has 1 aliphatic heterocycles. The summed E-state index contributed by atoms with van der Waals surface area (Å²) in [5.41, 5.74) is 2.58. The molecule has 0 spiro atoms. The number of Topliss-reactive ketones (excluding diaryl/α,β-unsaturated/α-hetero) is 1. The monoisotopic (exact) mass is 410 g/mol. The number of hydrogen-bond donors (Lipinski definition) is 4. The standard InChI is InChI=1S/C23H26N2O5/c1-14(24-18(22(27)28)12-11-15-7-3-2-4-8-15)21(26)20-17-10-6-5-9-16(17)13-19(25-20)23(29)30/h2-10,14,18-20,24-25H,11-13H2,1H3,(H,27,28)(H,29,30)/t14?,18-,19?,20?/m0/s1. The molecule has 0 amide bonds. The van der Waals surface area contributed by atoms with Crippen molar-refractivity contribution in [1.82, 2.24) is 10.6 Å². The van der Waals surface area contributed by atoms with Crippen LogP contribution in [0.2, 0.25) is 0 Å². The Kier molecular flexibility index (Phi) is 6.97. The second-order valence-electron chi connectivity index (χ2n) is 7.60. The van der Waals surface area contributed by atoms with E-state index in [0.29, 0.717) is 19.3 Å². The predicted octanol–water partition coefficient (Wildman–Crippen LogP) is 1.96. The van der Waals surface area contributed by atoms with Crippen LogP contribution in [0, 0.1) is 0 Å². The molecule has 2 aromatic carbocycles. The maximum absolute atomic E-state index is 13.2. The van der Waals surface area contributed by atoms with Crippen molar-refractivity contribution in [3.05, 3.63) is 71.3 Å². The van der Waals surface area contributed by atoms with Gasteiger partial charge in [-0.1, -0.05) is 54.6 Å². The lowest BCUT2D eigenvalue weighted by Gasteiger charge is -2.32. The van der Waals surface area contributed by atoms with Crippen molar-refractivity contribution < 1.29 is 24.6 Å². The van der Waals surface area contributed by atoms with Gasteiger partial charge in [0.15, 0.2) is 5.78 Å². The first-order chi connectivity index (χ1) is 14.4. The first kappa shape index (κ1) is 21.7. The van der Waals surface area contributed by atoms with E-state index in [-0.39, 0.29) is 5.78 Å². The average Bonchev–Trinajstić information content (AvgIpc) is 2.75. The van der Waals surface area contributed by atoms with Crippen LogP contribution in [0.5, 0.6) is 0 Å². The number of carbonyl (C=O) groups is 3. The molecule has 3 unspecified atom stereocenters. The number of aryl methyl sites for hydroxylation is 1. The van der Waals surface area contributed by atoms with Crippen molar-refractivity contribution in [3.63, 3.8) is 0 Å². The Morgan fingerprint density at radius 1 is 1.07 bits per heavy atom. The smallest absolute Gasteiger partial charge is 0.321 e. The summed E-state index contributed by atoms with van der Waals surface area (Å²) in [5, 5.41) is 24.9. The molecule has 30 heavy (non-hydrogen) atoms. The van der Waals surface area contributed by atoms with E-state index in [0.717, 1.165) is 16.7 Å². The molecule has 0 aromatic heterocycles. The van der Waals surface area contributed by atoms with E-state index in [2.05, 4.69) is 10.6 Å². The van der Waals surface area contributed by atoms with Crippen LogP contribution in [0.3, 0.4) is 0 Å². The van der Waals surface area contributed by atoms with Gasteiger partial charge in [-0.25, -0.2) is 0 Å². The summed E-state index contributed by atoms with van der Waals surface area (Å²) in [6.07, 6.45) is 1.20. The highest BCUT2D eigenvalue weighted by Crippen LogP contribution is 2.27. The second kappa shape index (κ2) is 9.65. The van der Waals surface area contributed by atoms with E-state index >= 15 is 0 Å². The van der Waals surface area contributed by atoms with E-state index in [1.54, 1.807) is 19.1 Å². The second-order valence-corrected chi connectivity index (χ2v) is 7.60. The minimum absolute atomic E-state index is 0.278. The van der Waals surface area contributed by atoms with Gasteiger partial charge >= 0.3 is 11.9 Å². The number of ketones is 1. The van der Waals surface area contributed by atoms with Gasteiger partial charge in [0.1, 0.15) is 12.1 Å². The van der Waals surface area contributed by atoms with E-state index in [1.165, 1.54) is 0 Å². The zero-order chi connectivity index (χ0) is 21.7. The number of carbonyl (C=O) groups excluding carboxylic acids is 1. The van der Waals surface area contributed by atoms with Crippen molar-refractivity contribution in [3.8, 4) is 0 Å². The predicted molar refractivity (Wildman–Crippen MR) is 111 cm³/mol. The van der Waals surface area contributed by atoms with E-state index in [4.69, 9.17) is 0 Å². The summed E-state index contributed by atoms with van der Waals surface area (Å²) in [4.78, 5) is 36.4. The van der Waals surface area contributed by atoms with Crippen molar-refractivity contribution in [2.75, 3.05) is 0 Å². The van der Waals surface area contributed by atoms with E-state index in [1.807, 2.05) is 42.5 Å². The van der Waals surface area contributed by atoms with Crippen LogP contribution in [-0.4, -0.2) is 46.1 Å². The number of nitrogens with one attached hydrogen (secondary N) is 2. The normalized spacial score (nSPS) is 20.0. The minimum Gasteiger partial charge on any atom is -0.480 e. The van der Waals surface area contributed by atoms with Crippen molar-refractivity contribution in [2.24, 2.45) is 0 Å². The van der Waals surface area contributed by atoms with Gasteiger partial charge in [0.25, 0.3) is 0 Å². The fourth-order valence-corrected chi connectivity index (χ4v) is 3.83. The zero-order valence-corrected chi connectivity index (χ0v) is 16.7. The molecular weight excluding hydrogens is 384 g/mol. The molecular formula is C23H26N2O5. The average molecular weight is 410 g/mol. The summed E-state index contributed by atoms with van der Waals surface area (Å²) in [7, 11) is 0. The third-order valence-electron chi connectivity index (χ3n) is 5.48. The minimum atomic E-state index is -1.02. The quantitative estimate of drug-likeness (QED) is 0.499. The van der Waals surface area contributed by atoms with E-state index in [9.17, 15) is 24.6 Å². The number of carboxylic acids is 2. The third-order valence-corrected chi connectivity index (χ3v) is 5.48. The lowest BCUT2D eigenvalue weighted by molar-refractivity contribution is -0.140. The number of rotatable bonds is 9. The number of aliphatic carboxylic acids is 2. The fraction of sp³-hybridized carbons (Fsp3) is 0.348. The lowest BCUT2D eigenvalue weighted by atomic mass is 9.86. The third kappa shape index (κ3) is 5.11. The summed E-state index contributed by atoms with van der Waals surface area (Å²) < 4.78 is 0. The Balaban J connectivity index is 1.71. The van der Waals surface area contributed by atoms with Gasteiger partial charge in [0, 0.05) is 0 Å². The highest BCUT2D eigenvalue weighted by Gasteiger charge is 2.36. The van der Waals surface area contributed by atoms with Gasteiger partial charge < -0.3 is 10.2 Å². The van der Waals surface area contributed by atoms with Crippen molar-refractivity contribution >= 4 is 17.7 Å². The number of carboxylic acid groups (broad SMARTS) is 2. The summed E-state index contributed by atoms with van der Waals surface area (Å²) in [6, 6.07) is 13.5. The van der Waals surface area contributed by atoms with Gasteiger partial charge in [-0.3, -0.25) is 25.0 Å². The van der Waals surface area contributed by atoms with Crippen LogP contribution in [0.4, 0.5) is 0 Å². The maximum atomic E-state index is 13.2. The molecule has 0 saturated carbocycles. The first-order valence-electron chi connectivity index (χ1n) is 10.00. The maximum Gasteiger partial charge on any atom is 0.321 e. The number of hydrogen-bond acceptors (Lipinski definition) is 5. The molecule has 7 nitrogen and oxygen atoms in total. The largest absolute Gasteiger partial charge is 0.480 e. The highest BCUT2D eigenvalue weighted by molar-refractivity contribution is 5.92. The molecule has 158 valence electrons. The Hall–Kier alpha value is -3.03. The molecule has 1 heterocycles. The molecule has 4 atom stereocenters. The molecule has 4 N–H and O–H groups in total. The summed E-state index contributed by atoms with van der Waals surface area (Å²) >= 11 is 0. The molecule has 3 rings (SSSR count). The van der Waals surface area contributed by atoms with Gasteiger partial charge in [-0.15, -0.1) is 0 Å². The first-order valence-corrected chi connectivity index (χ1v) is 10.00. The van der Waals surface area contributed by atoms with Gasteiger partial charge in [-0.2, -0.15) is 0 Å². The molecule has 0 radical (unpaired) electrons. The summed E-state index contributed by atoms with van der Waals surface area (Å²) in [6.45, 7) is 1.62. The van der Waals surface area contributed by atoms with Gasteiger partial charge in [-0.05, 0) is 42.9 Å². The summed E-state index contributed by atoms with van der Waals surface area (Å²) in [5.74, 6) is -2.32. The highest BCUT2D eigenvalue weighted by atomic mass is 16.4. The van der Waals surface area contributed by atoms with Crippen molar-refractivity contribution in [1.29, 1.82) is 0 Å². The lowest BCUT2D eigenvalue weighted by Crippen LogP contribution is -2.53. The molecule has 0 bridgehead atoms. The van der Waals surface area contributed by atoms with Crippen LogP contribution in [0.25, 0.3) is 0 Å². The van der Waals surface area contributed by atoms with Crippen LogP contribution >= 0.6 is 0 Å². The molecule has 0 fully saturated rings. The molecule has 2 aromatic rings. The molecule has 0 saturated heterocycles. The fourth-order valence-electron chi connectivity index (χ4n) is 3.83. The SMILES string of the molecule is CC(N[C@@H](CCc1ccccc1)C(=O)O)C(=O)C1NC(C(=O)O)Cc2ccccc21. The molecule has 7 heteroatoms. The Labute approximate surface area is 175 Å². The zero-order valence-electron chi connectivity index (χ0n) is 16.7. The van der Waals surface area contributed by atoms with Crippen LogP contribution in [-0.2, 0) is 27.2 Å². The Bertz CT molecular complexity index is 915. The molecule has 0 aliphatic carbocycles. The van der Waals surface area contributed by atoms with Crippen LogP contribution < -0.4 is 10.6 Å². The topological polar surface area (TPSA) is 116 Å².